The Bertz CT molecular complexity index is 724. The molecule has 27 heavy (non-hydrogen) atoms. The monoisotopic (exact) mass is 424 g/mol. The van der Waals surface area contributed by atoms with Gasteiger partial charge in [0.15, 0.2) is 15.8 Å². The normalized spacial score (nSPS) is 11.3. The van der Waals surface area contributed by atoms with E-state index in [4.69, 9.17) is 0 Å². The van der Waals surface area contributed by atoms with E-state index in [0.717, 1.165) is 53.4 Å². The van der Waals surface area contributed by atoms with E-state index in [2.05, 4.69) is 36.4 Å². The maximum atomic E-state index is 12.7. The molecule has 0 N–H and O–H groups in total. The average Bonchev–Trinajstić information content (AvgIpc) is 3.29. The van der Waals surface area contributed by atoms with Crippen molar-refractivity contribution in [3.05, 3.63) is 22.1 Å². The van der Waals surface area contributed by atoms with Gasteiger partial charge in [0.2, 0.25) is 0 Å². The Hall–Kier alpha value is -1.05. The minimum absolute atomic E-state index is 0.148. The lowest BCUT2D eigenvalue weighted by atomic mass is 10.0. The van der Waals surface area contributed by atoms with Gasteiger partial charge in [-0.05, 0) is 25.2 Å². The van der Waals surface area contributed by atoms with Gasteiger partial charge in [-0.2, -0.15) is 12.6 Å². The minimum Gasteiger partial charge on any atom is -0.299 e. The predicted molar refractivity (Wildman–Crippen MR) is 117 cm³/mol. The molecule has 148 valence electrons. The molecule has 0 aromatic carbocycles. The first-order valence-electron chi connectivity index (χ1n) is 9.56. The average molecular weight is 425 g/mol. The number of carbonyl (C=O) groups is 2. The van der Waals surface area contributed by atoms with Crippen molar-refractivity contribution in [1.82, 2.24) is 9.97 Å². The minimum atomic E-state index is 0.148. The number of hydrogen-bond acceptors (Lipinski definition) is 7. The van der Waals surface area contributed by atoms with Crippen LogP contribution >= 0.6 is 35.3 Å². The van der Waals surface area contributed by atoms with Crippen LogP contribution in [0.2, 0.25) is 0 Å². The molecule has 0 radical (unpaired) electrons. The third kappa shape index (κ3) is 7.47. The molecule has 2 rings (SSSR count). The Balaban J connectivity index is 1.85. The van der Waals surface area contributed by atoms with E-state index in [9.17, 15) is 9.59 Å². The fraction of sp³-hybridized carbons (Fsp3) is 0.600. The van der Waals surface area contributed by atoms with Crippen LogP contribution in [0.4, 0.5) is 0 Å². The summed E-state index contributed by atoms with van der Waals surface area (Å²) >= 11 is 7.15. The van der Waals surface area contributed by atoms with Crippen LogP contribution in [0, 0.1) is 5.92 Å². The summed E-state index contributed by atoms with van der Waals surface area (Å²) in [6.45, 7) is 4.32. The molecule has 0 fully saturated rings. The van der Waals surface area contributed by atoms with Crippen molar-refractivity contribution in [2.24, 2.45) is 5.92 Å². The maximum absolute atomic E-state index is 12.7. The number of nitrogens with zero attached hydrogens (tertiary/aromatic N) is 2. The smallest absolute Gasteiger partial charge is 0.182 e. The molecule has 2 aromatic rings. The third-order valence-corrected chi connectivity index (χ3v) is 6.55. The van der Waals surface area contributed by atoms with Crippen LogP contribution in [-0.2, 0) is 11.2 Å². The molecule has 0 aliphatic heterocycles. The fourth-order valence-electron chi connectivity index (χ4n) is 2.83. The number of unbranched alkanes of at least 4 members (excludes halogenated alkanes) is 4. The largest absolute Gasteiger partial charge is 0.299 e. The topological polar surface area (TPSA) is 59.9 Å². The SMILES string of the molecule is CC(C)Cc1sc(-c2nccs2)nc1C(=O)CCCCCCCC(=O)CS. The van der Waals surface area contributed by atoms with E-state index in [1.807, 2.05) is 5.38 Å². The molecule has 0 spiro atoms. The Morgan fingerprint density at radius 2 is 1.78 bits per heavy atom. The van der Waals surface area contributed by atoms with Crippen molar-refractivity contribution < 1.29 is 9.59 Å². The number of Topliss-reactive ketones (excluding diaryl/α,β-unsaturated/α-hetero) is 2. The van der Waals surface area contributed by atoms with Crippen LogP contribution in [-0.4, -0.2) is 27.3 Å². The molecule has 0 saturated heterocycles. The zero-order chi connectivity index (χ0) is 19.6. The van der Waals surface area contributed by atoms with Crippen molar-refractivity contribution in [2.45, 2.75) is 65.2 Å². The van der Waals surface area contributed by atoms with Crippen molar-refractivity contribution in [3.63, 3.8) is 0 Å². The number of carbonyl (C=O) groups excluding carboxylic acids is 2. The van der Waals surface area contributed by atoms with Gasteiger partial charge >= 0.3 is 0 Å². The lowest BCUT2D eigenvalue weighted by Gasteiger charge is -2.05. The lowest BCUT2D eigenvalue weighted by Crippen LogP contribution is -2.05. The van der Waals surface area contributed by atoms with Gasteiger partial charge in [0, 0.05) is 35.0 Å². The number of ketones is 2. The van der Waals surface area contributed by atoms with Gasteiger partial charge in [-0.25, -0.2) is 9.97 Å². The summed E-state index contributed by atoms with van der Waals surface area (Å²) < 4.78 is 0. The van der Waals surface area contributed by atoms with Crippen LogP contribution in [0.25, 0.3) is 10.0 Å². The number of aromatic nitrogens is 2. The van der Waals surface area contributed by atoms with Crippen LogP contribution in [0.3, 0.4) is 0 Å². The van der Waals surface area contributed by atoms with Gasteiger partial charge in [-0.1, -0.05) is 33.1 Å². The summed E-state index contributed by atoms with van der Waals surface area (Å²) in [5, 5.41) is 3.68. The molecule has 0 saturated carbocycles. The summed E-state index contributed by atoms with van der Waals surface area (Å²) in [5.41, 5.74) is 0.651. The van der Waals surface area contributed by atoms with Crippen LogP contribution in [0.1, 0.15) is 74.2 Å². The van der Waals surface area contributed by atoms with Crippen LogP contribution in [0.15, 0.2) is 11.6 Å². The second kappa shape index (κ2) is 11.7. The van der Waals surface area contributed by atoms with Gasteiger partial charge in [-0.3, -0.25) is 9.59 Å². The van der Waals surface area contributed by atoms with Gasteiger partial charge in [0.1, 0.15) is 11.5 Å². The Labute approximate surface area is 175 Å². The molecule has 0 bridgehead atoms. The van der Waals surface area contributed by atoms with Gasteiger partial charge in [0.05, 0.1) is 0 Å². The highest BCUT2D eigenvalue weighted by atomic mass is 32.1. The number of rotatable bonds is 13. The molecule has 0 atom stereocenters. The molecule has 0 aliphatic carbocycles. The van der Waals surface area contributed by atoms with Crippen LogP contribution < -0.4 is 0 Å². The third-order valence-electron chi connectivity index (χ3n) is 4.21. The summed E-state index contributed by atoms with van der Waals surface area (Å²) in [6.07, 6.45) is 8.74. The summed E-state index contributed by atoms with van der Waals surface area (Å²) in [5.74, 6) is 1.19. The molecule has 0 unspecified atom stereocenters. The van der Waals surface area contributed by atoms with Crippen LogP contribution in [0.5, 0.6) is 0 Å². The highest BCUT2D eigenvalue weighted by Crippen LogP contribution is 2.31. The van der Waals surface area contributed by atoms with E-state index < -0.39 is 0 Å². The molecule has 0 aliphatic rings. The first-order chi connectivity index (χ1) is 13.0. The lowest BCUT2D eigenvalue weighted by molar-refractivity contribution is -0.116. The molecule has 2 heterocycles. The first-order valence-corrected chi connectivity index (χ1v) is 11.9. The Kier molecular flexibility index (Phi) is 9.65. The summed E-state index contributed by atoms with van der Waals surface area (Å²) in [7, 11) is 0. The highest BCUT2D eigenvalue weighted by Gasteiger charge is 2.20. The van der Waals surface area contributed by atoms with Crippen molar-refractivity contribution in [1.29, 1.82) is 0 Å². The van der Waals surface area contributed by atoms with E-state index in [-0.39, 0.29) is 11.6 Å². The fourth-order valence-corrected chi connectivity index (χ4v) is 4.96. The Morgan fingerprint density at radius 1 is 1.07 bits per heavy atom. The number of hydrogen-bond donors (Lipinski definition) is 1. The molecule has 2 aromatic heterocycles. The first kappa shape index (κ1) is 22.2. The predicted octanol–water partition coefficient (Wildman–Crippen LogP) is 5.88. The van der Waals surface area contributed by atoms with E-state index in [1.54, 1.807) is 28.9 Å². The number of thiazole rings is 2. The second-order valence-corrected chi connectivity index (χ2v) is 9.41. The second-order valence-electron chi connectivity index (χ2n) is 7.11. The quantitative estimate of drug-likeness (QED) is 0.248. The zero-order valence-electron chi connectivity index (χ0n) is 16.1. The molecule has 0 amide bonds. The Morgan fingerprint density at radius 3 is 2.41 bits per heavy atom. The molecular formula is C20H28N2O2S3. The zero-order valence-corrected chi connectivity index (χ0v) is 18.6. The number of thiol groups is 1. The van der Waals surface area contributed by atoms with Crippen molar-refractivity contribution >= 4 is 46.9 Å². The van der Waals surface area contributed by atoms with E-state index in [1.165, 1.54) is 0 Å². The molecule has 7 heteroatoms. The molecule has 4 nitrogen and oxygen atoms in total. The van der Waals surface area contributed by atoms with Gasteiger partial charge in [0.25, 0.3) is 0 Å². The van der Waals surface area contributed by atoms with Crippen molar-refractivity contribution in [2.75, 3.05) is 5.75 Å². The highest BCUT2D eigenvalue weighted by molar-refractivity contribution is 7.81. The molecular weight excluding hydrogens is 396 g/mol. The van der Waals surface area contributed by atoms with E-state index >= 15 is 0 Å². The van der Waals surface area contributed by atoms with Gasteiger partial charge in [-0.15, -0.1) is 22.7 Å². The summed E-state index contributed by atoms with van der Waals surface area (Å²) in [6, 6.07) is 0. The maximum Gasteiger partial charge on any atom is 0.182 e. The van der Waals surface area contributed by atoms with Crippen molar-refractivity contribution in [3.8, 4) is 10.0 Å². The van der Waals surface area contributed by atoms with Gasteiger partial charge < -0.3 is 0 Å². The summed E-state index contributed by atoms with van der Waals surface area (Å²) in [4.78, 5) is 34.0. The standard InChI is InChI=1S/C20H28N2O2S3/c1-14(2)12-17-18(22-20(27-17)19-21-10-11-26-19)16(24)9-7-5-3-4-6-8-15(23)13-25/h10-11,14,25H,3-9,12-13H2,1-2H3. The van der Waals surface area contributed by atoms with E-state index in [0.29, 0.717) is 30.2 Å².